The molecule has 0 spiro atoms. The fourth-order valence-corrected chi connectivity index (χ4v) is 4.07. The van der Waals surface area contributed by atoms with E-state index in [0.29, 0.717) is 6.61 Å². The number of aliphatic hydroxyl groups excluding tert-OH is 1. The predicted molar refractivity (Wildman–Crippen MR) is 94.7 cm³/mol. The minimum atomic E-state index is -0.334. The third kappa shape index (κ3) is 16.1. The summed E-state index contributed by atoms with van der Waals surface area (Å²) in [6, 6.07) is 0. The van der Waals surface area contributed by atoms with Crippen molar-refractivity contribution >= 4 is 27.6 Å². The second-order valence-electron chi connectivity index (χ2n) is 5.04. The molecule has 0 amide bonds. The molecule has 0 fully saturated rings. The molecule has 0 aromatic heterocycles. The fraction of sp³-hybridized carbons (Fsp3) is 0.812. The van der Waals surface area contributed by atoms with Crippen LogP contribution in [0.5, 0.6) is 0 Å². The Morgan fingerprint density at radius 3 is 2.67 bits per heavy atom. The summed E-state index contributed by atoms with van der Waals surface area (Å²) in [5.41, 5.74) is 0. The molecule has 3 nitrogen and oxygen atoms in total. The van der Waals surface area contributed by atoms with Crippen molar-refractivity contribution < 1.29 is 14.6 Å². The normalized spacial score (nSPS) is 12.1. The fourth-order valence-electron chi connectivity index (χ4n) is 1.75. The van der Waals surface area contributed by atoms with Crippen LogP contribution >= 0.6 is 21.6 Å². The zero-order valence-corrected chi connectivity index (χ0v) is 14.9. The Kier molecular flexibility index (Phi) is 16.1. The van der Waals surface area contributed by atoms with Gasteiger partial charge in [0, 0.05) is 17.6 Å². The van der Waals surface area contributed by atoms with Gasteiger partial charge in [-0.3, -0.25) is 0 Å². The SMILES string of the molecule is C=CC(=O)OCCCCCCSSCC(O)CCCCC. The highest BCUT2D eigenvalue weighted by atomic mass is 33.1. The van der Waals surface area contributed by atoms with Crippen molar-refractivity contribution in [3.63, 3.8) is 0 Å². The van der Waals surface area contributed by atoms with Crippen LogP contribution in [-0.4, -0.2) is 35.3 Å². The number of carbonyl (C=O) groups excluding carboxylic acids is 1. The minimum Gasteiger partial charge on any atom is -0.463 e. The number of esters is 1. The van der Waals surface area contributed by atoms with E-state index in [2.05, 4.69) is 13.5 Å². The van der Waals surface area contributed by atoms with Crippen LogP contribution in [0.1, 0.15) is 58.3 Å². The monoisotopic (exact) mass is 334 g/mol. The predicted octanol–water partition coefficient (Wildman–Crippen LogP) is 4.60. The Morgan fingerprint density at radius 1 is 1.19 bits per heavy atom. The van der Waals surface area contributed by atoms with Gasteiger partial charge in [0.1, 0.15) is 0 Å². The topological polar surface area (TPSA) is 46.5 Å². The Hall–Kier alpha value is -0.130. The van der Waals surface area contributed by atoms with Crippen LogP contribution in [0, 0.1) is 0 Å². The first-order valence-corrected chi connectivity index (χ1v) is 10.4. The number of hydrogen-bond acceptors (Lipinski definition) is 5. The third-order valence-electron chi connectivity index (χ3n) is 3.02. The van der Waals surface area contributed by atoms with Gasteiger partial charge in [-0.15, -0.1) is 0 Å². The molecule has 21 heavy (non-hydrogen) atoms. The maximum Gasteiger partial charge on any atom is 0.330 e. The molecule has 0 bridgehead atoms. The molecule has 1 unspecified atom stereocenters. The molecular formula is C16H30O3S2. The first-order chi connectivity index (χ1) is 10.2. The van der Waals surface area contributed by atoms with E-state index < -0.39 is 0 Å². The zero-order chi connectivity index (χ0) is 15.8. The summed E-state index contributed by atoms with van der Waals surface area (Å²) in [4.78, 5) is 10.8. The lowest BCUT2D eigenvalue weighted by molar-refractivity contribution is -0.137. The van der Waals surface area contributed by atoms with E-state index in [1.54, 1.807) is 10.8 Å². The van der Waals surface area contributed by atoms with Gasteiger partial charge in [-0.25, -0.2) is 4.79 Å². The quantitative estimate of drug-likeness (QED) is 0.205. The lowest BCUT2D eigenvalue weighted by Gasteiger charge is -2.09. The van der Waals surface area contributed by atoms with Crippen LogP contribution in [0.2, 0.25) is 0 Å². The standard InChI is InChI=1S/C16H30O3S2/c1-3-5-8-11-15(17)14-21-20-13-10-7-6-9-12-19-16(18)4-2/h4,15,17H,2-3,5-14H2,1H3. The number of unbranched alkanes of at least 4 members (excludes halogenated alkanes) is 5. The molecule has 0 rings (SSSR count). The lowest BCUT2D eigenvalue weighted by atomic mass is 10.1. The molecule has 0 saturated heterocycles. The van der Waals surface area contributed by atoms with Gasteiger partial charge >= 0.3 is 5.97 Å². The number of aliphatic hydroxyl groups is 1. The van der Waals surface area contributed by atoms with E-state index in [0.717, 1.165) is 43.6 Å². The first kappa shape index (κ1) is 20.9. The van der Waals surface area contributed by atoms with Crippen molar-refractivity contribution in [2.75, 3.05) is 18.1 Å². The van der Waals surface area contributed by atoms with Gasteiger partial charge in [0.05, 0.1) is 12.7 Å². The highest BCUT2D eigenvalue weighted by Gasteiger charge is 2.03. The molecule has 0 saturated carbocycles. The van der Waals surface area contributed by atoms with Crippen LogP contribution < -0.4 is 0 Å². The van der Waals surface area contributed by atoms with Crippen molar-refractivity contribution in [3.05, 3.63) is 12.7 Å². The minimum absolute atomic E-state index is 0.145. The highest BCUT2D eigenvalue weighted by Crippen LogP contribution is 2.24. The molecule has 0 aliphatic heterocycles. The zero-order valence-electron chi connectivity index (χ0n) is 13.2. The molecule has 0 radical (unpaired) electrons. The van der Waals surface area contributed by atoms with E-state index in [4.69, 9.17) is 4.74 Å². The summed E-state index contributed by atoms with van der Waals surface area (Å²) in [6.45, 7) is 6.03. The molecule has 0 aromatic rings. The van der Waals surface area contributed by atoms with Gasteiger partial charge in [-0.05, 0) is 19.3 Å². The Bertz CT molecular complexity index is 260. The van der Waals surface area contributed by atoms with E-state index in [1.807, 2.05) is 10.8 Å². The van der Waals surface area contributed by atoms with E-state index in [9.17, 15) is 9.90 Å². The van der Waals surface area contributed by atoms with Crippen molar-refractivity contribution in [1.82, 2.24) is 0 Å². The van der Waals surface area contributed by atoms with Crippen LogP contribution in [-0.2, 0) is 9.53 Å². The summed E-state index contributed by atoms with van der Waals surface area (Å²) >= 11 is 0. The second-order valence-corrected chi connectivity index (χ2v) is 7.67. The van der Waals surface area contributed by atoms with Crippen molar-refractivity contribution in [1.29, 1.82) is 0 Å². The summed E-state index contributed by atoms with van der Waals surface area (Å²) in [5.74, 6) is 1.63. The van der Waals surface area contributed by atoms with Crippen LogP contribution in [0.25, 0.3) is 0 Å². The summed E-state index contributed by atoms with van der Waals surface area (Å²) in [6.07, 6.45) is 9.92. The molecule has 0 heterocycles. The summed E-state index contributed by atoms with van der Waals surface area (Å²) in [5, 5.41) is 9.76. The molecule has 1 N–H and O–H groups in total. The van der Waals surface area contributed by atoms with Gasteiger partial charge < -0.3 is 9.84 Å². The Labute approximate surface area is 137 Å². The van der Waals surface area contributed by atoms with Gasteiger partial charge in [0.15, 0.2) is 0 Å². The molecule has 0 aromatic carbocycles. The van der Waals surface area contributed by atoms with E-state index >= 15 is 0 Å². The smallest absolute Gasteiger partial charge is 0.330 e. The van der Waals surface area contributed by atoms with Crippen molar-refractivity contribution in [3.8, 4) is 0 Å². The lowest BCUT2D eigenvalue weighted by Crippen LogP contribution is -2.08. The number of hydrogen-bond donors (Lipinski definition) is 1. The molecule has 0 aliphatic rings. The van der Waals surface area contributed by atoms with Gasteiger partial charge in [-0.2, -0.15) is 0 Å². The first-order valence-electron chi connectivity index (χ1n) is 7.92. The molecule has 5 heteroatoms. The maximum absolute atomic E-state index is 10.8. The van der Waals surface area contributed by atoms with Crippen LogP contribution in [0.4, 0.5) is 0 Å². The van der Waals surface area contributed by atoms with Gasteiger partial charge in [0.25, 0.3) is 0 Å². The van der Waals surface area contributed by atoms with Crippen molar-refractivity contribution in [2.24, 2.45) is 0 Å². The molecular weight excluding hydrogens is 304 g/mol. The van der Waals surface area contributed by atoms with Crippen molar-refractivity contribution in [2.45, 2.75) is 64.4 Å². The largest absolute Gasteiger partial charge is 0.463 e. The van der Waals surface area contributed by atoms with Crippen LogP contribution in [0.15, 0.2) is 12.7 Å². The maximum atomic E-state index is 10.8. The Balaban J connectivity index is 3.15. The van der Waals surface area contributed by atoms with E-state index in [1.165, 1.54) is 25.3 Å². The molecule has 1 atom stereocenters. The molecule has 0 aliphatic carbocycles. The van der Waals surface area contributed by atoms with E-state index in [-0.39, 0.29) is 12.1 Å². The van der Waals surface area contributed by atoms with Gasteiger partial charge in [0.2, 0.25) is 0 Å². The van der Waals surface area contributed by atoms with Gasteiger partial charge in [-0.1, -0.05) is 67.2 Å². The highest BCUT2D eigenvalue weighted by molar-refractivity contribution is 8.76. The average Bonchev–Trinajstić information content (AvgIpc) is 2.49. The number of carbonyl (C=O) groups is 1. The average molecular weight is 335 g/mol. The summed E-state index contributed by atoms with van der Waals surface area (Å²) in [7, 11) is 3.63. The molecule has 124 valence electrons. The third-order valence-corrected chi connectivity index (χ3v) is 5.57. The summed E-state index contributed by atoms with van der Waals surface area (Å²) < 4.78 is 4.91. The Morgan fingerprint density at radius 2 is 1.95 bits per heavy atom. The number of ether oxygens (including phenoxy) is 1. The number of rotatable bonds is 15. The van der Waals surface area contributed by atoms with Crippen LogP contribution in [0.3, 0.4) is 0 Å². The second kappa shape index (κ2) is 16.2.